The lowest BCUT2D eigenvalue weighted by Gasteiger charge is -2.09. The first-order valence-corrected chi connectivity index (χ1v) is 3.24. The maximum absolute atomic E-state index is 12.7. The highest BCUT2D eigenvalue weighted by molar-refractivity contribution is 5.85. The molecule has 4 heteroatoms. The Hall–Kier alpha value is -0.300. The molecule has 1 rings (SSSR count). The Morgan fingerprint density at radius 1 is 1.64 bits per heavy atom. The van der Waals surface area contributed by atoms with Crippen molar-refractivity contribution in [2.75, 3.05) is 19.7 Å². The van der Waals surface area contributed by atoms with E-state index in [9.17, 15) is 4.39 Å². The van der Waals surface area contributed by atoms with Crippen molar-refractivity contribution in [2.24, 2.45) is 0 Å². The fraction of sp³-hybridized carbons (Fsp3) is 0.714. The van der Waals surface area contributed by atoms with E-state index in [0.717, 1.165) is 0 Å². The van der Waals surface area contributed by atoms with E-state index in [1.807, 2.05) is 0 Å². The normalized spacial score (nSPS) is 29.1. The van der Waals surface area contributed by atoms with Gasteiger partial charge in [-0.1, -0.05) is 5.92 Å². The summed E-state index contributed by atoms with van der Waals surface area (Å²) in [6.07, 6.45) is 3.70. The average Bonchev–Trinajstić information content (AvgIpc) is 2.31. The van der Waals surface area contributed by atoms with Gasteiger partial charge in [0.2, 0.25) is 0 Å². The van der Waals surface area contributed by atoms with Crippen LogP contribution in [0.15, 0.2) is 0 Å². The van der Waals surface area contributed by atoms with E-state index in [1.54, 1.807) is 0 Å². The van der Waals surface area contributed by atoms with E-state index in [2.05, 4.69) is 11.2 Å². The van der Waals surface area contributed by atoms with Gasteiger partial charge < -0.3 is 10.1 Å². The monoisotopic (exact) mass is 179 g/mol. The van der Waals surface area contributed by atoms with Gasteiger partial charge in [-0.05, 0) is 0 Å². The fourth-order valence-corrected chi connectivity index (χ4v) is 0.941. The predicted octanol–water partition coefficient (Wildman–Crippen LogP) is 0.368. The highest BCUT2D eigenvalue weighted by Crippen LogP contribution is 2.07. The van der Waals surface area contributed by atoms with Crippen LogP contribution in [-0.2, 0) is 4.74 Å². The highest BCUT2D eigenvalue weighted by Gasteiger charge is 2.26. The Labute approximate surface area is 71.9 Å². The molecule has 0 amide bonds. The second kappa shape index (κ2) is 5.36. The summed E-state index contributed by atoms with van der Waals surface area (Å²) in [5.74, 6) is 2.30. The summed E-state index contributed by atoms with van der Waals surface area (Å²) in [6, 6.07) is 0. The van der Waals surface area contributed by atoms with Gasteiger partial charge in [-0.2, -0.15) is 0 Å². The van der Waals surface area contributed by atoms with E-state index in [0.29, 0.717) is 13.1 Å². The molecule has 2 unspecified atom stereocenters. The van der Waals surface area contributed by atoms with Crippen LogP contribution in [0.2, 0.25) is 0 Å². The number of hydrogen-bond acceptors (Lipinski definition) is 2. The van der Waals surface area contributed by atoms with E-state index in [1.165, 1.54) is 0 Å². The molecule has 2 atom stereocenters. The van der Waals surface area contributed by atoms with E-state index in [-0.39, 0.29) is 25.1 Å². The van der Waals surface area contributed by atoms with Crippen LogP contribution >= 0.6 is 12.4 Å². The molecular weight excluding hydrogens is 169 g/mol. The molecule has 0 spiro atoms. The Kier molecular flexibility index (Phi) is 5.22. The number of halogens is 2. The van der Waals surface area contributed by atoms with Crippen LogP contribution in [-0.4, -0.2) is 32.0 Å². The number of ether oxygens (including phenoxy) is 1. The molecule has 64 valence electrons. The van der Waals surface area contributed by atoms with Gasteiger partial charge >= 0.3 is 0 Å². The van der Waals surface area contributed by atoms with Gasteiger partial charge in [-0.25, -0.2) is 4.39 Å². The number of hydrogen-bond donors (Lipinski definition) is 1. The molecule has 11 heavy (non-hydrogen) atoms. The third kappa shape index (κ3) is 3.06. The van der Waals surface area contributed by atoms with Gasteiger partial charge in [-0.3, -0.25) is 0 Å². The zero-order valence-corrected chi connectivity index (χ0v) is 6.86. The Morgan fingerprint density at radius 2 is 2.36 bits per heavy atom. The zero-order valence-electron chi connectivity index (χ0n) is 6.05. The second-order valence-electron chi connectivity index (χ2n) is 2.23. The second-order valence-corrected chi connectivity index (χ2v) is 2.23. The van der Waals surface area contributed by atoms with Crippen molar-refractivity contribution in [1.29, 1.82) is 0 Å². The predicted molar refractivity (Wildman–Crippen MR) is 43.6 cm³/mol. The van der Waals surface area contributed by atoms with Crippen molar-refractivity contribution in [3.63, 3.8) is 0 Å². The van der Waals surface area contributed by atoms with Gasteiger partial charge in [0.05, 0.1) is 0 Å². The molecule has 0 aromatic heterocycles. The molecule has 0 aromatic rings. The largest absolute Gasteiger partial charge is 0.361 e. The number of alkyl halides is 1. The highest BCUT2D eigenvalue weighted by atomic mass is 35.5. The summed E-state index contributed by atoms with van der Waals surface area (Å²) >= 11 is 0. The first-order valence-electron chi connectivity index (χ1n) is 3.24. The summed E-state index contributed by atoms with van der Waals surface area (Å²) in [5.41, 5.74) is 0. The van der Waals surface area contributed by atoms with Gasteiger partial charge in [0.1, 0.15) is 18.9 Å². The van der Waals surface area contributed by atoms with Crippen LogP contribution in [0.25, 0.3) is 0 Å². The standard InChI is InChI=1S/C7H10FNO.ClH/c1-2-3-10-7-5-9-4-6(7)8;/h1,6-7,9H,3-5H2;1H. The molecule has 1 aliphatic heterocycles. The van der Waals surface area contributed by atoms with E-state index >= 15 is 0 Å². The van der Waals surface area contributed by atoms with Crippen LogP contribution in [0.4, 0.5) is 4.39 Å². The molecule has 0 saturated carbocycles. The van der Waals surface area contributed by atoms with Gasteiger partial charge in [-0.15, -0.1) is 18.8 Å². The summed E-state index contributed by atoms with van der Waals surface area (Å²) in [5, 5.41) is 2.86. The van der Waals surface area contributed by atoms with E-state index in [4.69, 9.17) is 11.2 Å². The minimum Gasteiger partial charge on any atom is -0.361 e. The molecule has 1 aliphatic rings. The smallest absolute Gasteiger partial charge is 0.140 e. The molecule has 1 fully saturated rings. The molecule has 0 aliphatic carbocycles. The molecule has 0 aromatic carbocycles. The van der Waals surface area contributed by atoms with Crippen molar-refractivity contribution in [3.8, 4) is 12.3 Å². The van der Waals surface area contributed by atoms with Crippen molar-refractivity contribution >= 4 is 12.4 Å². The topological polar surface area (TPSA) is 21.3 Å². The van der Waals surface area contributed by atoms with Crippen molar-refractivity contribution in [2.45, 2.75) is 12.3 Å². The van der Waals surface area contributed by atoms with E-state index < -0.39 is 6.17 Å². The lowest BCUT2D eigenvalue weighted by Crippen LogP contribution is -2.23. The minimum atomic E-state index is -0.895. The molecule has 1 N–H and O–H groups in total. The van der Waals surface area contributed by atoms with Gasteiger partial charge in [0, 0.05) is 13.1 Å². The van der Waals surface area contributed by atoms with Gasteiger partial charge in [0.15, 0.2) is 0 Å². The summed E-state index contributed by atoms with van der Waals surface area (Å²) in [6.45, 7) is 1.16. The molecule has 1 saturated heterocycles. The maximum Gasteiger partial charge on any atom is 0.140 e. The van der Waals surface area contributed by atoms with Crippen LogP contribution < -0.4 is 5.32 Å². The zero-order chi connectivity index (χ0) is 7.40. The number of terminal acetylenes is 1. The third-order valence-electron chi connectivity index (χ3n) is 1.47. The average molecular weight is 180 g/mol. The number of rotatable bonds is 2. The van der Waals surface area contributed by atoms with Crippen LogP contribution in [0, 0.1) is 12.3 Å². The maximum atomic E-state index is 12.7. The molecule has 0 radical (unpaired) electrons. The lowest BCUT2D eigenvalue weighted by atomic mass is 10.3. The van der Waals surface area contributed by atoms with Crippen LogP contribution in [0.1, 0.15) is 0 Å². The molecular formula is C7H11ClFNO. The first-order chi connectivity index (χ1) is 4.84. The molecule has 1 heterocycles. The quantitative estimate of drug-likeness (QED) is 0.619. The fourth-order valence-electron chi connectivity index (χ4n) is 0.941. The Balaban J connectivity index is 0.000001000. The van der Waals surface area contributed by atoms with Gasteiger partial charge in [0.25, 0.3) is 0 Å². The summed E-state index contributed by atoms with van der Waals surface area (Å²) in [4.78, 5) is 0. The Bertz CT molecular complexity index is 148. The minimum absolute atomic E-state index is 0. The lowest BCUT2D eigenvalue weighted by molar-refractivity contribution is 0.0450. The summed E-state index contributed by atoms with van der Waals surface area (Å²) in [7, 11) is 0. The van der Waals surface area contributed by atoms with Crippen molar-refractivity contribution in [1.82, 2.24) is 5.32 Å². The van der Waals surface area contributed by atoms with Crippen molar-refractivity contribution in [3.05, 3.63) is 0 Å². The van der Waals surface area contributed by atoms with Crippen molar-refractivity contribution < 1.29 is 9.13 Å². The third-order valence-corrected chi connectivity index (χ3v) is 1.47. The van der Waals surface area contributed by atoms with Crippen LogP contribution in [0.5, 0.6) is 0 Å². The Morgan fingerprint density at radius 3 is 2.82 bits per heavy atom. The van der Waals surface area contributed by atoms with Crippen LogP contribution in [0.3, 0.4) is 0 Å². The summed E-state index contributed by atoms with van der Waals surface area (Å²) < 4.78 is 17.6. The molecule has 0 bridgehead atoms. The first kappa shape index (κ1) is 10.7. The molecule has 2 nitrogen and oxygen atoms in total. The SMILES string of the molecule is C#CCOC1CNCC1F.Cl. The number of nitrogens with one attached hydrogen (secondary N) is 1.